The van der Waals surface area contributed by atoms with Crippen molar-refractivity contribution >= 4 is 27.5 Å². The predicted octanol–water partition coefficient (Wildman–Crippen LogP) is 4.62. The van der Waals surface area contributed by atoms with E-state index in [-0.39, 0.29) is 18.9 Å². The summed E-state index contributed by atoms with van der Waals surface area (Å²) in [6, 6.07) is 23.5. The molecule has 3 aromatic carbocycles. The maximum Gasteiger partial charge on any atom is 0.244 e. The smallest absolute Gasteiger partial charge is 0.244 e. The van der Waals surface area contributed by atoms with Crippen LogP contribution in [-0.4, -0.2) is 49.5 Å². The number of carbonyl (C=O) groups is 2. The van der Waals surface area contributed by atoms with Crippen molar-refractivity contribution in [2.45, 2.75) is 59.2 Å². The van der Waals surface area contributed by atoms with Gasteiger partial charge in [-0.2, -0.15) is 0 Å². The highest BCUT2D eigenvalue weighted by molar-refractivity contribution is 7.92. The first-order valence-electron chi connectivity index (χ1n) is 13.0. The maximum absolute atomic E-state index is 14.1. The van der Waals surface area contributed by atoms with Crippen molar-refractivity contribution in [2.24, 2.45) is 0 Å². The van der Waals surface area contributed by atoms with Crippen molar-refractivity contribution in [1.82, 2.24) is 10.2 Å². The van der Waals surface area contributed by atoms with Crippen molar-refractivity contribution in [3.05, 3.63) is 101 Å². The highest BCUT2D eigenvalue weighted by atomic mass is 32.2. The molecule has 2 amide bonds. The molecule has 0 fully saturated rings. The van der Waals surface area contributed by atoms with Crippen molar-refractivity contribution in [2.75, 3.05) is 17.1 Å². The van der Waals surface area contributed by atoms with E-state index in [0.717, 1.165) is 32.8 Å². The van der Waals surface area contributed by atoms with Crippen molar-refractivity contribution in [3.63, 3.8) is 0 Å². The quantitative estimate of drug-likeness (QED) is 0.400. The largest absolute Gasteiger partial charge is 0.350 e. The van der Waals surface area contributed by atoms with Crippen LogP contribution in [0.3, 0.4) is 0 Å². The molecular formula is C31H39N3O4S. The van der Waals surface area contributed by atoms with Crippen molar-refractivity contribution < 1.29 is 18.0 Å². The number of sulfonamides is 1. The van der Waals surface area contributed by atoms with Crippen LogP contribution in [0.2, 0.25) is 0 Å². The summed E-state index contributed by atoms with van der Waals surface area (Å²) in [5.41, 5.74) is 3.38. The van der Waals surface area contributed by atoms with Crippen LogP contribution in [0.4, 0.5) is 5.69 Å². The molecule has 0 heterocycles. The van der Waals surface area contributed by atoms with Crippen LogP contribution in [0.25, 0.3) is 0 Å². The van der Waals surface area contributed by atoms with E-state index in [4.69, 9.17) is 0 Å². The number of amides is 2. The fourth-order valence-electron chi connectivity index (χ4n) is 4.47. The lowest BCUT2D eigenvalue weighted by Gasteiger charge is -2.35. The molecule has 0 bridgehead atoms. The number of hydrogen-bond acceptors (Lipinski definition) is 4. The Balaban J connectivity index is 2.07. The molecule has 0 aliphatic heterocycles. The van der Waals surface area contributed by atoms with E-state index in [1.165, 1.54) is 4.90 Å². The zero-order valence-corrected chi connectivity index (χ0v) is 24.5. The van der Waals surface area contributed by atoms with E-state index in [2.05, 4.69) is 5.32 Å². The fraction of sp³-hybridized carbons (Fsp3) is 0.355. The molecule has 1 N–H and O–H groups in total. The first kappa shape index (κ1) is 29.9. The van der Waals surface area contributed by atoms with Gasteiger partial charge in [0.25, 0.3) is 0 Å². The fourth-order valence-corrected chi connectivity index (χ4v) is 5.37. The van der Waals surface area contributed by atoms with Crippen LogP contribution in [0.1, 0.15) is 43.0 Å². The second kappa shape index (κ2) is 12.5. The van der Waals surface area contributed by atoms with E-state index >= 15 is 0 Å². The van der Waals surface area contributed by atoms with E-state index < -0.39 is 34.1 Å². The van der Waals surface area contributed by atoms with Gasteiger partial charge in [0.1, 0.15) is 12.6 Å². The molecule has 0 aliphatic rings. The minimum atomic E-state index is -3.80. The predicted molar refractivity (Wildman–Crippen MR) is 157 cm³/mol. The minimum Gasteiger partial charge on any atom is -0.350 e. The van der Waals surface area contributed by atoms with E-state index in [9.17, 15) is 18.0 Å². The van der Waals surface area contributed by atoms with Gasteiger partial charge >= 0.3 is 0 Å². The van der Waals surface area contributed by atoms with Gasteiger partial charge in [0.2, 0.25) is 21.8 Å². The number of benzene rings is 3. The topological polar surface area (TPSA) is 86.8 Å². The third kappa shape index (κ3) is 8.68. The third-order valence-electron chi connectivity index (χ3n) is 6.27. The summed E-state index contributed by atoms with van der Waals surface area (Å²) in [5.74, 6) is -0.762. The zero-order valence-electron chi connectivity index (χ0n) is 23.6. The highest BCUT2D eigenvalue weighted by Crippen LogP contribution is 2.25. The van der Waals surface area contributed by atoms with Gasteiger partial charge < -0.3 is 10.2 Å². The van der Waals surface area contributed by atoms with Gasteiger partial charge in [0.05, 0.1) is 11.9 Å². The zero-order chi connectivity index (χ0) is 28.8. The van der Waals surface area contributed by atoms with Gasteiger partial charge in [-0.3, -0.25) is 13.9 Å². The number of nitrogens with one attached hydrogen (secondary N) is 1. The van der Waals surface area contributed by atoms with Crippen molar-refractivity contribution in [3.8, 4) is 0 Å². The molecule has 0 saturated carbocycles. The Morgan fingerprint density at radius 3 is 1.95 bits per heavy atom. The maximum atomic E-state index is 14.1. The van der Waals surface area contributed by atoms with Crippen LogP contribution >= 0.6 is 0 Å². The minimum absolute atomic E-state index is 0.152. The Kier molecular flexibility index (Phi) is 9.56. The standard InChI is InChI=1S/C31H39N3O4S/c1-23-17-18-27(24(2)19-23)34(39(6,37)38)22-29(35)33(21-26-15-11-8-12-16-26)28(30(36)32-31(3,4)5)20-25-13-9-7-10-14-25/h7-19,28H,20-22H2,1-6H3,(H,32,36). The van der Waals surface area contributed by atoms with Crippen molar-refractivity contribution in [1.29, 1.82) is 0 Å². The van der Waals surface area contributed by atoms with E-state index in [1.807, 2.05) is 107 Å². The number of aryl methyl sites for hydroxylation is 2. The Morgan fingerprint density at radius 1 is 0.872 bits per heavy atom. The van der Waals surface area contributed by atoms with Crippen LogP contribution < -0.4 is 9.62 Å². The average Bonchev–Trinajstić information content (AvgIpc) is 2.84. The van der Waals surface area contributed by atoms with Crippen LogP contribution in [-0.2, 0) is 32.6 Å². The molecule has 0 spiro atoms. The van der Waals surface area contributed by atoms with E-state index in [1.54, 1.807) is 6.07 Å². The Labute approximate surface area is 232 Å². The monoisotopic (exact) mass is 549 g/mol. The number of anilines is 1. The molecule has 1 unspecified atom stereocenters. The second-order valence-corrected chi connectivity index (χ2v) is 12.9. The lowest BCUT2D eigenvalue weighted by Crippen LogP contribution is -2.56. The van der Waals surface area contributed by atoms with Gasteiger partial charge in [-0.05, 0) is 57.4 Å². The molecule has 1 atom stereocenters. The highest BCUT2D eigenvalue weighted by Gasteiger charge is 2.34. The summed E-state index contributed by atoms with van der Waals surface area (Å²) >= 11 is 0. The van der Waals surface area contributed by atoms with Gasteiger partial charge in [0, 0.05) is 18.5 Å². The molecular weight excluding hydrogens is 510 g/mol. The Morgan fingerprint density at radius 2 is 1.44 bits per heavy atom. The summed E-state index contributed by atoms with van der Waals surface area (Å²) in [6.07, 6.45) is 1.37. The van der Waals surface area contributed by atoms with Gasteiger partial charge in [0.15, 0.2) is 0 Å². The summed E-state index contributed by atoms with van der Waals surface area (Å²) in [5, 5.41) is 3.03. The third-order valence-corrected chi connectivity index (χ3v) is 7.39. The molecule has 208 valence electrons. The average molecular weight is 550 g/mol. The summed E-state index contributed by atoms with van der Waals surface area (Å²) < 4.78 is 27.0. The molecule has 3 rings (SSSR count). The van der Waals surface area contributed by atoms with Crippen LogP contribution in [0.15, 0.2) is 78.9 Å². The number of carbonyl (C=O) groups excluding carboxylic acids is 2. The normalized spacial score (nSPS) is 12.5. The molecule has 0 saturated heterocycles. The number of rotatable bonds is 10. The summed E-state index contributed by atoms with van der Waals surface area (Å²) in [4.78, 5) is 29.3. The van der Waals surface area contributed by atoms with Crippen LogP contribution in [0.5, 0.6) is 0 Å². The van der Waals surface area contributed by atoms with Gasteiger partial charge in [-0.25, -0.2) is 8.42 Å². The molecule has 0 aromatic heterocycles. The second-order valence-electron chi connectivity index (χ2n) is 11.0. The van der Waals surface area contributed by atoms with E-state index in [0.29, 0.717) is 5.69 Å². The molecule has 8 heteroatoms. The molecule has 7 nitrogen and oxygen atoms in total. The number of nitrogens with zero attached hydrogens (tertiary/aromatic N) is 2. The molecule has 0 aliphatic carbocycles. The molecule has 39 heavy (non-hydrogen) atoms. The van der Waals surface area contributed by atoms with Crippen LogP contribution in [0, 0.1) is 13.8 Å². The lowest BCUT2D eigenvalue weighted by molar-refractivity contribution is -0.140. The summed E-state index contributed by atoms with van der Waals surface area (Å²) in [7, 11) is -3.80. The molecule has 0 radical (unpaired) electrons. The van der Waals surface area contributed by atoms with Gasteiger partial charge in [-0.15, -0.1) is 0 Å². The molecule has 3 aromatic rings. The lowest BCUT2D eigenvalue weighted by atomic mass is 10.0. The Hall–Kier alpha value is -3.65. The first-order chi connectivity index (χ1) is 18.2. The Bertz CT molecular complexity index is 1380. The summed E-state index contributed by atoms with van der Waals surface area (Å²) in [6.45, 7) is 9.14. The first-order valence-corrected chi connectivity index (χ1v) is 14.8. The SMILES string of the molecule is Cc1ccc(N(CC(=O)N(Cc2ccccc2)C(Cc2ccccc2)C(=O)NC(C)(C)C)S(C)(=O)=O)c(C)c1. The number of hydrogen-bond donors (Lipinski definition) is 1. The van der Waals surface area contributed by atoms with Gasteiger partial charge in [-0.1, -0.05) is 78.4 Å².